The number of carbonyl (C=O) groups is 2. The fraction of sp³-hybridized carbons (Fsp3) is 0.600. The molecule has 10 heteroatoms. The second-order valence-corrected chi connectivity index (χ2v) is 8.91. The summed E-state index contributed by atoms with van der Waals surface area (Å²) < 4.78 is 31.3. The van der Waals surface area contributed by atoms with E-state index in [4.69, 9.17) is 0 Å². The predicted molar refractivity (Wildman–Crippen MR) is 92.9 cm³/mol. The lowest BCUT2D eigenvalue weighted by molar-refractivity contribution is -0.895. The first-order chi connectivity index (χ1) is 11.9. The molecule has 0 bridgehead atoms. The molecule has 1 aliphatic rings. The number of sulfonamides is 1. The smallest absolute Gasteiger partial charge is 0.305 e. The van der Waals surface area contributed by atoms with Crippen molar-refractivity contribution in [2.45, 2.75) is 17.1 Å². The van der Waals surface area contributed by atoms with Gasteiger partial charge in [-0.05, 0) is 17.9 Å². The van der Waals surface area contributed by atoms with E-state index in [1.165, 1.54) is 22.8 Å². The summed E-state index contributed by atoms with van der Waals surface area (Å²) >= 11 is 1.22. The van der Waals surface area contributed by atoms with E-state index in [2.05, 4.69) is 10.1 Å². The largest absolute Gasteiger partial charge is 0.469 e. The van der Waals surface area contributed by atoms with Crippen LogP contribution in [0.15, 0.2) is 21.7 Å². The van der Waals surface area contributed by atoms with Gasteiger partial charge in [-0.1, -0.05) is 6.07 Å². The standard InChI is InChI=1S/C15H23N3O5S2/c1-23-14(20)4-2-6-16-13(19)12-17-7-9-18(10-8-17)25(21,22)15-5-3-11-24-15/h3,5,11H,2,4,6-10,12H2,1H3,(H,16,19)/p+1. The van der Waals surface area contributed by atoms with Crippen molar-refractivity contribution in [2.24, 2.45) is 0 Å². The summed E-state index contributed by atoms with van der Waals surface area (Å²) in [4.78, 5) is 23.9. The summed E-state index contributed by atoms with van der Waals surface area (Å²) in [5.41, 5.74) is 0. The minimum atomic E-state index is -3.40. The Labute approximate surface area is 151 Å². The molecule has 1 aromatic rings. The van der Waals surface area contributed by atoms with Gasteiger partial charge in [0.1, 0.15) is 4.21 Å². The number of quaternary nitrogens is 1. The molecule has 0 aliphatic carbocycles. The zero-order valence-electron chi connectivity index (χ0n) is 14.2. The van der Waals surface area contributed by atoms with Gasteiger partial charge >= 0.3 is 5.97 Å². The molecule has 0 unspecified atom stereocenters. The average molecular weight is 391 g/mol. The summed E-state index contributed by atoms with van der Waals surface area (Å²) in [5, 5.41) is 4.52. The molecule has 1 amide bonds. The number of hydrogen-bond donors (Lipinski definition) is 2. The van der Waals surface area contributed by atoms with Crippen molar-refractivity contribution in [3.05, 3.63) is 17.5 Å². The quantitative estimate of drug-likeness (QED) is 0.425. The predicted octanol–water partition coefficient (Wildman–Crippen LogP) is -1.29. The summed E-state index contributed by atoms with van der Waals surface area (Å²) in [6.45, 7) is 2.75. The maximum absolute atomic E-state index is 12.4. The van der Waals surface area contributed by atoms with Crippen molar-refractivity contribution in [3.63, 3.8) is 0 Å². The summed E-state index contributed by atoms with van der Waals surface area (Å²) in [5.74, 6) is -0.377. The number of rotatable bonds is 8. The zero-order chi connectivity index (χ0) is 18.3. The van der Waals surface area contributed by atoms with Crippen molar-refractivity contribution < 1.29 is 27.6 Å². The van der Waals surface area contributed by atoms with E-state index in [-0.39, 0.29) is 18.3 Å². The highest BCUT2D eigenvalue weighted by molar-refractivity contribution is 7.91. The molecule has 2 heterocycles. The van der Waals surface area contributed by atoms with Crippen LogP contribution in [0.4, 0.5) is 0 Å². The number of esters is 1. The number of carbonyl (C=O) groups excluding carboxylic acids is 2. The molecule has 0 spiro atoms. The van der Waals surface area contributed by atoms with Crippen molar-refractivity contribution in [2.75, 3.05) is 46.4 Å². The minimum absolute atomic E-state index is 0.0885. The Morgan fingerprint density at radius 3 is 2.68 bits per heavy atom. The van der Waals surface area contributed by atoms with Crippen molar-refractivity contribution in [1.82, 2.24) is 9.62 Å². The summed E-state index contributed by atoms with van der Waals surface area (Å²) in [7, 11) is -2.07. The third kappa shape index (κ3) is 5.77. The molecule has 140 valence electrons. The SMILES string of the molecule is COC(=O)CCCNC(=O)C[NH+]1CCN(S(=O)(=O)c2cccs2)CC1. The van der Waals surface area contributed by atoms with Gasteiger partial charge < -0.3 is 15.0 Å². The zero-order valence-corrected chi connectivity index (χ0v) is 15.8. The molecule has 8 nitrogen and oxygen atoms in total. The topological polar surface area (TPSA) is 97.2 Å². The first-order valence-corrected chi connectivity index (χ1v) is 10.5. The van der Waals surface area contributed by atoms with E-state index in [1.54, 1.807) is 17.5 Å². The van der Waals surface area contributed by atoms with Crippen LogP contribution in [0.2, 0.25) is 0 Å². The van der Waals surface area contributed by atoms with E-state index in [0.29, 0.717) is 49.9 Å². The van der Waals surface area contributed by atoms with Gasteiger partial charge in [-0.25, -0.2) is 8.42 Å². The molecule has 0 aromatic carbocycles. The summed E-state index contributed by atoms with van der Waals surface area (Å²) in [6, 6.07) is 3.34. The second-order valence-electron chi connectivity index (χ2n) is 5.79. The van der Waals surface area contributed by atoms with Gasteiger partial charge in [-0.2, -0.15) is 4.31 Å². The van der Waals surface area contributed by atoms with Crippen LogP contribution in [-0.4, -0.2) is 71.0 Å². The van der Waals surface area contributed by atoms with E-state index in [1.807, 2.05) is 0 Å². The van der Waals surface area contributed by atoms with Gasteiger partial charge in [0.15, 0.2) is 6.54 Å². The monoisotopic (exact) mass is 390 g/mol. The molecule has 1 saturated heterocycles. The number of nitrogens with zero attached hydrogens (tertiary/aromatic N) is 1. The lowest BCUT2D eigenvalue weighted by Crippen LogP contribution is -3.15. The average Bonchev–Trinajstić information content (AvgIpc) is 3.14. The van der Waals surface area contributed by atoms with Crippen LogP contribution < -0.4 is 10.2 Å². The molecule has 0 radical (unpaired) electrons. The molecule has 0 saturated carbocycles. The maximum Gasteiger partial charge on any atom is 0.305 e. The minimum Gasteiger partial charge on any atom is -0.469 e. The molecule has 25 heavy (non-hydrogen) atoms. The van der Waals surface area contributed by atoms with Gasteiger partial charge in [-0.3, -0.25) is 9.59 Å². The van der Waals surface area contributed by atoms with Crippen LogP contribution in [0.25, 0.3) is 0 Å². The number of nitrogens with one attached hydrogen (secondary N) is 2. The van der Waals surface area contributed by atoms with Crippen LogP contribution >= 0.6 is 11.3 Å². The Balaban J connectivity index is 1.70. The van der Waals surface area contributed by atoms with Gasteiger partial charge in [0.05, 0.1) is 33.3 Å². The van der Waals surface area contributed by atoms with Crippen molar-refractivity contribution >= 4 is 33.2 Å². The van der Waals surface area contributed by atoms with Gasteiger partial charge in [0.25, 0.3) is 15.9 Å². The Morgan fingerprint density at radius 1 is 1.36 bits per heavy atom. The molecule has 2 rings (SSSR count). The molecule has 1 aliphatic heterocycles. The maximum atomic E-state index is 12.4. The Bertz CT molecular complexity index is 667. The molecule has 0 atom stereocenters. The van der Waals surface area contributed by atoms with E-state index in [9.17, 15) is 18.0 Å². The first-order valence-electron chi connectivity index (χ1n) is 8.14. The van der Waals surface area contributed by atoms with E-state index < -0.39 is 10.0 Å². The third-order valence-electron chi connectivity index (χ3n) is 4.04. The first kappa shape index (κ1) is 19.8. The number of amides is 1. The number of thiophene rings is 1. The second kappa shape index (κ2) is 9.27. The highest BCUT2D eigenvalue weighted by atomic mass is 32.2. The highest BCUT2D eigenvalue weighted by Gasteiger charge is 2.31. The number of piperazine rings is 1. The third-order valence-corrected chi connectivity index (χ3v) is 7.31. The number of hydrogen-bond acceptors (Lipinski definition) is 6. The fourth-order valence-electron chi connectivity index (χ4n) is 2.61. The fourth-order valence-corrected chi connectivity index (χ4v) is 5.20. The highest BCUT2D eigenvalue weighted by Crippen LogP contribution is 2.20. The van der Waals surface area contributed by atoms with Crippen LogP contribution in [0.1, 0.15) is 12.8 Å². The normalized spacial score (nSPS) is 16.5. The lowest BCUT2D eigenvalue weighted by Gasteiger charge is -2.30. The summed E-state index contributed by atoms with van der Waals surface area (Å²) in [6.07, 6.45) is 0.823. The molecule has 2 N–H and O–H groups in total. The van der Waals surface area contributed by atoms with E-state index >= 15 is 0 Å². The Hall–Kier alpha value is -1.49. The van der Waals surface area contributed by atoms with Gasteiger partial charge in [-0.15, -0.1) is 11.3 Å². The molecule has 1 aromatic heterocycles. The number of ether oxygens (including phenoxy) is 1. The van der Waals surface area contributed by atoms with Gasteiger partial charge in [0.2, 0.25) is 0 Å². The van der Waals surface area contributed by atoms with Crippen molar-refractivity contribution in [1.29, 1.82) is 0 Å². The molecule has 1 fully saturated rings. The lowest BCUT2D eigenvalue weighted by atomic mass is 10.3. The van der Waals surface area contributed by atoms with E-state index in [0.717, 1.165) is 4.90 Å². The Kier molecular flexibility index (Phi) is 7.36. The van der Waals surface area contributed by atoms with Crippen LogP contribution in [0, 0.1) is 0 Å². The number of methoxy groups -OCH3 is 1. The van der Waals surface area contributed by atoms with Crippen molar-refractivity contribution in [3.8, 4) is 0 Å². The van der Waals surface area contributed by atoms with Crippen LogP contribution in [0.5, 0.6) is 0 Å². The van der Waals surface area contributed by atoms with Crippen LogP contribution in [0.3, 0.4) is 0 Å². The Morgan fingerprint density at radius 2 is 2.08 bits per heavy atom. The molecular formula is C15H24N3O5S2+. The molecular weight excluding hydrogens is 366 g/mol. The van der Waals surface area contributed by atoms with Gasteiger partial charge in [0, 0.05) is 13.0 Å². The van der Waals surface area contributed by atoms with Crippen LogP contribution in [-0.2, 0) is 24.3 Å².